The average molecular weight is 368 g/mol. The number of hydrogen-bond donors (Lipinski definition) is 0. The van der Waals surface area contributed by atoms with Gasteiger partial charge < -0.3 is 4.52 Å². The third-order valence-electron chi connectivity index (χ3n) is 4.41. The van der Waals surface area contributed by atoms with Gasteiger partial charge in [-0.05, 0) is 50.6 Å². The molecular weight excluding hydrogens is 348 g/mol. The summed E-state index contributed by atoms with van der Waals surface area (Å²) in [4.78, 5) is 13.6. The fraction of sp³-hybridized carbons (Fsp3) is 0.500. The highest BCUT2D eigenvalue weighted by Crippen LogP contribution is 2.30. The summed E-state index contributed by atoms with van der Waals surface area (Å²) in [5.74, 6) is 0.0301. The van der Waals surface area contributed by atoms with E-state index in [4.69, 9.17) is 4.52 Å². The molecule has 0 bridgehead atoms. The molecule has 0 radical (unpaired) electrons. The second-order valence-electron chi connectivity index (χ2n) is 6.15. The van der Waals surface area contributed by atoms with Gasteiger partial charge in [0.1, 0.15) is 10.6 Å². The fourth-order valence-electron chi connectivity index (χ4n) is 3.16. The van der Waals surface area contributed by atoms with Gasteiger partial charge in [0.05, 0.1) is 4.88 Å². The summed E-state index contributed by atoms with van der Waals surface area (Å²) in [5, 5.41) is 5.63. The molecule has 1 saturated heterocycles. The zero-order valence-electron chi connectivity index (χ0n) is 13.9. The van der Waals surface area contributed by atoms with Gasteiger partial charge >= 0.3 is 0 Å². The zero-order chi connectivity index (χ0) is 17.5. The Kier molecular flexibility index (Phi) is 4.63. The number of Topliss-reactive ketones (excluding diaryl/α,β-unsaturated/α-hetero) is 1. The summed E-state index contributed by atoms with van der Waals surface area (Å²) >= 11 is 1.42. The smallest absolute Gasteiger partial charge is 0.248 e. The Morgan fingerprint density at radius 1 is 1.38 bits per heavy atom. The number of aromatic nitrogens is 1. The molecule has 2 aromatic heterocycles. The molecule has 1 unspecified atom stereocenters. The van der Waals surface area contributed by atoms with Crippen LogP contribution in [-0.2, 0) is 10.0 Å². The lowest BCUT2D eigenvalue weighted by molar-refractivity contribution is 0.0876. The molecule has 24 heavy (non-hydrogen) atoms. The molecule has 1 atom stereocenters. The average Bonchev–Trinajstić information content (AvgIpc) is 3.12. The number of thiophene rings is 1. The van der Waals surface area contributed by atoms with Crippen LogP contribution < -0.4 is 0 Å². The van der Waals surface area contributed by atoms with Crippen molar-refractivity contribution >= 4 is 27.1 Å². The molecule has 0 aliphatic carbocycles. The number of rotatable bonds is 4. The third kappa shape index (κ3) is 2.94. The van der Waals surface area contributed by atoms with E-state index in [1.165, 1.54) is 15.6 Å². The molecule has 6 nitrogen and oxygen atoms in total. The molecular formula is C16H20N2O4S2. The van der Waals surface area contributed by atoms with Gasteiger partial charge in [-0.1, -0.05) is 5.16 Å². The van der Waals surface area contributed by atoms with E-state index in [2.05, 4.69) is 5.16 Å². The maximum absolute atomic E-state index is 12.9. The van der Waals surface area contributed by atoms with Gasteiger partial charge in [-0.2, -0.15) is 4.31 Å². The molecule has 0 aromatic carbocycles. The Morgan fingerprint density at radius 3 is 2.71 bits per heavy atom. The van der Waals surface area contributed by atoms with Gasteiger partial charge in [-0.25, -0.2) is 8.42 Å². The number of piperidine rings is 1. The van der Waals surface area contributed by atoms with Crippen LogP contribution in [0, 0.1) is 26.7 Å². The quantitative estimate of drug-likeness (QED) is 0.775. The Hall–Kier alpha value is -1.51. The van der Waals surface area contributed by atoms with E-state index in [-0.39, 0.29) is 28.9 Å². The lowest BCUT2D eigenvalue weighted by Crippen LogP contribution is -2.42. The first-order valence-corrected chi connectivity index (χ1v) is 10.2. The van der Waals surface area contributed by atoms with Crippen LogP contribution in [0.4, 0.5) is 0 Å². The number of ketones is 1. The first-order chi connectivity index (χ1) is 11.3. The van der Waals surface area contributed by atoms with Crippen molar-refractivity contribution in [3.63, 3.8) is 0 Å². The number of nitrogens with zero attached hydrogens (tertiary/aromatic N) is 2. The van der Waals surface area contributed by atoms with Crippen LogP contribution in [-0.4, -0.2) is 36.8 Å². The standard InChI is InChI=1S/C16H20N2O4S2/c1-10-6-8-23-15(10)14(19)13-5-4-7-18(9-13)24(20,21)16-11(2)17-22-12(16)3/h6,8,13H,4-5,7,9H2,1-3H3. The second-order valence-corrected chi connectivity index (χ2v) is 8.94. The molecule has 130 valence electrons. The van der Waals surface area contributed by atoms with Crippen LogP contribution in [0.15, 0.2) is 20.9 Å². The minimum Gasteiger partial charge on any atom is -0.360 e. The van der Waals surface area contributed by atoms with E-state index in [0.717, 1.165) is 10.4 Å². The highest BCUT2D eigenvalue weighted by atomic mass is 32.2. The molecule has 1 aliphatic rings. The topological polar surface area (TPSA) is 80.5 Å². The van der Waals surface area contributed by atoms with Crippen molar-refractivity contribution in [3.8, 4) is 0 Å². The molecule has 0 saturated carbocycles. The summed E-state index contributed by atoms with van der Waals surface area (Å²) in [6.07, 6.45) is 1.38. The van der Waals surface area contributed by atoms with Crippen LogP contribution in [0.1, 0.15) is 39.5 Å². The number of aryl methyl sites for hydroxylation is 3. The van der Waals surface area contributed by atoms with E-state index in [1.54, 1.807) is 13.8 Å². The van der Waals surface area contributed by atoms with Crippen molar-refractivity contribution in [1.82, 2.24) is 9.46 Å². The predicted molar refractivity (Wildman–Crippen MR) is 90.8 cm³/mol. The molecule has 1 aliphatic heterocycles. The van der Waals surface area contributed by atoms with Gasteiger partial charge in [-0.3, -0.25) is 4.79 Å². The van der Waals surface area contributed by atoms with Crippen molar-refractivity contribution in [3.05, 3.63) is 33.3 Å². The van der Waals surface area contributed by atoms with E-state index in [9.17, 15) is 13.2 Å². The van der Waals surface area contributed by atoms with Gasteiger partial charge in [0.2, 0.25) is 10.0 Å². The number of hydrogen-bond acceptors (Lipinski definition) is 6. The van der Waals surface area contributed by atoms with Crippen molar-refractivity contribution in [2.75, 3.05) is 13.1 Å². The first-order valence-electron chi connectivity index (χ1n) is 7.83. The number of carbonyl (C=O) groups is 1. The van der Waals surface area contributed by atoms with Crippen LogP contribution in [0.25, 0.3) is 0 Å². The summed E-state index contributed by atoms with van der Waals surface area (Å²) < 4.78 is 32.3. The minimum absolute atomic E-state index is 0.0427. The van der Waals surface area contributed by atoms with E-state index >= 15 is 0 Å². The second kappa shape index (κ2) is 6.42. The van der Waals surface area contributed by atoms with Crippen LogP contribution in [0.3, 0.4) is 0 Å². The van der Waals surface area contributed by atoms with Crippen molar-refractivity contribution in [2.24, 2.45) is 5.92 Å². The zero-order valence-corrected chi connectivity index (χ0v) is 15.5. The van der Waals surface area contributed by atoms with Gasteiger partial charge in [0.25, 0.3) is 0 Å². The monoisotopic (exact) mass is 368 g/mol. The molecule has 8 heteroatoms. The van der Waals surface area contributed by atoms with Crippen LogP contribution in [0.2, 0.25) is 0 Å². The van der Waals surface area contributed by atoms with Gasteiger partial charge in [0, 0.05) is 19.0 Å². The lowest BCUT2D eigenvalue weighted by atomic mass is 9.93. The molecule has 0 amide bonds. The molecule has 3 rings (SSSR count). The molecule has 3 heterocycles. The Balaban J connectivity index is 1.86. The van der Waals surface area contributed by atoms with Gasteiger partial charge in [0.15, 0.2) is 11.5 Å². The SMILES string of the molecule is Cc1ccsc1C(=O)C1CCCN(S(=O)(=O)c2c(C)noc2C)C1. The normalized spacial score (nSPS) is 19.5. The molecule has 2 aromatic rings. The van der Waals surface area contributed by atoms with Crippen LogP contribution >= 0.6 is 11.3 Å². The van der Waals surface area contributed by atoms with E-state index in [0.29, 0.717) is 25.1 Å². The van der Waals surface area contributed by atoms with Crippen molar-refractivity contribution < 1.29 is 17.7 Å². The number of sulfonamides is 1. The minimum atomic E-state index is -3.70. The maximum atomic E-state index is 12.9. The first kappa shape index (κ1) is 17.3. The van der Waals surface area contributed by atoms with E-state index < -0.39 is 10.0 Å². The summed E-state index contributed by atoms with van der Waals surface area (Å²) in [7, 11) is -3.70. The molecule has 1 fully saturated rings. The van der Waals surface area contributed by atoms with E-state index in [1.807, 2.05) is 18.4 Å². The Labute approximate surface area is 145 Å². The summed E-state index contributed by atoms with van der Waals surface area (Å²) in [6, 6.07) is 1.92. The van der Waals surface area contributed by atoms with Crippen molar-refractivity contribution in [2.45, 2.75) is 38.5 Å². The summed E-state index contributed by atoms with van der Waals surface area (Å²) in [5.41, 5.74) is 1.31. The highest BCUT2D eigenvalue weighted by molar-refractivity contribution is 7.89. The predicted octanol–water partition coefficient (Wildman–Crippen LogP) is 2.94. The summed E-state index contributed by atoms with van der Waals surface area (Å²) in [6.45, 7) is 5.74. The highest BCUT2D eigenvalue weighted by Gasteiger charge is 2.37. The van der Waals surface area contributed by atoms with Crippen LogP contribution in [0.5, 0.6) is 0 Å². The third-order valence-corrected chi connectivity index (χ3v) is 7.55. The Bertz CT molecular complexity index is 847. The molecule has 0 spiro atoms. The maximum Gasteiger partial charge on any atom is 0.248 e. The molecule has 0 N–H and O–H groups in total. The van der Waals surface area contributed by atoms with Crippen molar-refractivity contribution in [1.29, 1.82) is 0 Å². The van der Waals surface area contributed by atoms with Gasteiger partial charge in [-0.15, -0.1) is 11.3 Å². The number of carbonyl (C=O) groups excluding carboxylic acids is 1. The lowest BCUT2D eigenvalue weighted by Gasteiger charge is -2.31. The Morgan fingerprint density at radius 2 is 2.12 bits per heavy atom. The largest absolute Gasteiger partial charge is 0.360 e. The fourth-order valence-corrected chi connectivity index (χ4v) is 5.92.